The zero-order valence-electron chi connectivity index (χ0n) is 12.8. The van der Waals surface area contributed by atoms with Crippen molar-refractivity contribution in [3.05, 3.63) is 83.9 Å². The van der Waals surface area contributed by atoms with Crippen LogP contribution in [0.1, 0.15) is 15.9 Å². The fraction of sp³-hybridized carbons (Fsp3) is 0.0500. The van der Waals surface area contributed by atoms with Crippen molar-refractivity contribution in [2.24, 2.45) is 0 Å². The van der Waals surface area contributed by atoms with Crippen molar-refractivity contribution in [2.45, 2.75) is 6.61 Å². The van der Waals surface area contributed by atoms with E-state index in [-0.39, 0.29) is 11.3 Å². The van der Waals surface area contributed by atoms with Gasteiger partial charge in [-0.2, -0.15) is 0 Å². The van der Waals surface area contributed by atoms with E-state index in [1.165, 1.54) is 18.2 Å². The molecule has 2 N–H and O–H groups in total. The minimum atomic E-state index is -1.17. The van der Waals surface area contributed by atoms with Gasteiger partial charge in [-0.3, -0.25) is 0 Å². The van der Waals surface area contributed by atoms with Gasteiger partial charge in [-0.15, -0.1) is 0 Å². The van der Waals surface area contributed by atoms with Gasteiger partial charge in [-0.1, -0.05) is 48.5 Å². The minimum Gasteiger partial charge on any atom is -0.507 e. The molecule has 3 rings (SSSR count). The van der Waals surface area contributed by atoms with Crippen LogP contribution >= 0.6 is 0 Å². The monoisotopic (exact) mass is 320 g/mol. The molecule has 0 amide bonds. The highest BCUT2D eigenvalue weighted by Crippen LogP contribution is 2.25. The van der Waals surface area contributed by atoms with Crippen LogP contribution in [0.5, 0.6) is 11.5 Å². The summed E-state index contributed by atoms with van der Waals surface area (Å²) in [7, 11) is 0. The van der Waals surface area contributed by atoms with Gasteiger partial charge < -0.3 is 14.9 Å². The molecular weight excluding hydrogens is 304 g/mol. The van der Waals surface area contributed by atoms with Gasteiger partial charge in [0.25, 0.3) is 0 Å². The van der Waals surface area contributed by atoms with Crippen LogP contribution in [-0.2, 0) is 6.61 Å². The van der Waals surface area contributed by atoms with Gasteiger partial charge in [0, 0.05) is 6.07 Å². The first-order chi connectivity index (χ1) is 11.6. The van der Waals surface area contributed by atoms with E-state index in [1.54, 1.807) is 0 Å². The predicted octanol–water partition coefficient (Wildman–Crippen LogP) is 4.34. The van der Waals surface area contributed by atoms with Gasteiger partial charge in [-0.05, 0) is 34.9 Å². The topological polar surface area (TPSA) is 66.8 Å². The van der Waals surface area contributed by atoms with Crippen LogP contribution in [0.3, 0.4) is 0 Å². The van der Waals surface area contributed by atoms with Crippen LogP contribution < -0.4 is 4.74 Å². The number of benzene rings is 3. The number of carboxylic acids is 1. The molecule has 4 heteroatoms. The number of aromatic hydroxyl groups is 1. The van der Waals surface area contributed by atoms with Crippen molar-refractivity contribution in [1.82, 2.24) is 0 Å². The predicted molar refractivity (Wildman–Crippen MR) is 91.3 cm³/mol. The molecule has 24 heavy (non-hydrogen) atoms. The Labute approximate surface area is 139 Å². The molecule has 0 unspecified atom stereocenters. The molecule has 0 heterocycles. The van der Waals surface area contributed by atoms with E-state index in [1.807, 2.05) is 54.6 Å². The van der Waals surface area contributed by atoms with Crippen molar-refractivity contribution < 1.29 is 19.7 Å². The van der Waals surface area contributed by atoms with E-state index in [9.17, 15) is 9.90 Å². The molecule has 3 aromatic rings. The number of aromatic carboxylic acids is 1. The molecule has 120 valence electrons. The molecule has 0 spiro atoms. The molecule has 0 fully saturated rings. The van der Waals surface area contributed by atoms with Gasteiger partial charge in [0.1, 0.15) is 23.7 Å². The summed E-state index contributed by atoms with van der Waals surface area (Å²) >= 11 is 0. The second-order valence-corrected chi connectivity index (χ2v) is 5.34. The van der Waals surface area contributed by atoms with Gasteiger partial charge in [0.2, 0.25) is 0 Å². The van der Waals surface area contributed by atoms with E-state index in [2.05, 4.69) is 0 Å². The Bertz CT molecular complexity index is 857. The summed E-state index contributed by atoms with van der Waals surface area (Å²) < 4.78 is 5.65. The minimum absolute atomic E-state index is 0.145. The molecule has 0 atom stereocenters. The van der Waals surface area contributed by atoms with Crippen molar-refractivity contribution in [1.29, 1.82) is 0 Å². The summed E-state index contributed by atoms with van der Waals surface area (Å²) in [6.45, 7) is 0.326. The fourth-order valence-corrected chi connectivity index (χ4v) is 2.42. The summed E-state index contributed by atoms with van der Waals surface area (Å²) in [5.74, 6) is -1.06. The number of phenols is 1. The van der Waals surface area contributed by atoms with E-state index in [0.717, 1.165) is 16.7 Å². The SMILES string of the molecule is O=C(O)c1ccc(OCc2cccc(-c3ccccc3)c2)cc1O. The standard InChI is InChI=1S/C20H16O4/c21-19-12-17(9-10-18(19)20(22)23)24-13-14-5-4-8-16(11-14)15-6-2-1-3-7-15/h1-12,21H,13H2,(H,22,23). The molecular formula is C20H16O4. The number of hydrogen-bond donors (Lipinski definition) is 2. The summed E-state index contributed by atoms with van der Waals surface area (Å²) in [6, 6.07) is 22.2. The molecule has 0 aliphatic heterocycles. The summed E-state index contributed by atoms with van der Waals surface area (Å²) in [5, 5.41) is 18.6. The molecule has 0 saturated heterocycles. The highest BCUT2D eigenvalue weighted by molar-refractivity contribution is 5.90. The number of carboxylic acid groups (broad SMARTS) is 1. The van der Waals surface area contributed by atoms with E-state index < -0.39 is 5.97 Å². The van der Waals surface area contributed by atoms with E-state index >= 15 is 0 Å². The fourth-order valence-electron chi connectivity index (χ4n) is 2.42. The number of hydrogen-bond acceptors (Lipinski definition) is 3. The van der Waals surface area contributed by atoms with Crippen LogP contribution in [0.4, 0.5) is 0 Å². The lowest BCUT2D eigenvalue weighted by Crippen LogP contribution is -1.99. The zero-order valence-corrected chi connectivity index (χ0v) is 12.8. The molecule has 3 aromatic carbocycles. The molecule has 0 radical (unpaired) electrons. The normalized spacial score (nSPS) is 10.3. The highest BCUT2D eigenvalue weighted by atomic mass is 16.5. The van der Waals surface area contributed by atoms with Crippen molar-refractivity contribution >= 4 is 5.97 Å². The number of ether oxygens (including phenoxy) is 1. The second-order valence-electron chi connectivity index (χ2n) is 5.34. The third-order valence-electron chi connectivity index (χ3n) is 3.64. The Kier molecular flexibility index (Phi) is 4.47. The van der Waals surface area contributed by atoms with E-state index in [0.29, 0.717) is 12.4 Å². The second kappa shape index (κ2) is 6.87. The van der Waals surface area contributed by atoms with Crippen LogP contribution in [-0.4, -0.2) is 16.2 Å². The molecule has 0 bridgehead atoms. The van der Waals surface area contributed by atoms with Crippen molar-refractivity contribution in [3.63, 3.8) is 0 Å². The summed E-state index contributed by atoms with van der Waals surface area (Å²) in [4.78, 5) is 10.9. The van der Waals surface area contributed by atoms with Crippen LogP contribution in [0.2, 0.25) is 0 Å². The van der Waals surface area contributed by atoms with Crippen LogP contribution in [0.15, 0.2) is 72.8 Å². The Balaban J connectivity index is 1.73. The van der Waals surface area contributed by atoms with Crippen molar-refractivity contribution in [3.8, 4) is 22.6 Å². The summed E-state index contributed by atoms with van der Waals surface area (Å²) in [6.07, 6.45) is 0. The third kappa shape index (κ3) is 3.55. The van der Waals surface area contributed by atoms with Crippen molar-refractivity contribution in [2.75, 3.05) is 0 Å². The maximum absolute atomic E-state index is 10.9. The Hall–Kier alpha value is -3.27. The quantitative estimate of drug-likeness (QED) is 0.734. The van der Waals surface area contributed by atoms with E-state index in [4.69, 9.17) is 9.84 Å². The van der Waals surface area contributed by atoms with Gasteiger partial charge in [-0.25, -0.2) is 4.79 Å². The smallest absolute Gasteiger partial charge is 0.339 e. The Morgan fingerprint density at radius 3 is 2.33 bits per heavy atom. The molecule has 0 saturated carbocycles. The molecule has 0 aromatic heterocycles. The summed E-state index contributed by atoms with van der Waals surface area (Å²) in [5.41, 5.74) is 3.06. The lowest BCUT2D eigenvalue weighted by Gasteiger charge is -2.09. The largest absolute Gasteiger partial charge is 0.507 e. The molecule has 0 aliphatic carbocycles. The third-order valence-corrected chi connectivity index (χ3v) is 3.64. The zero-order chi connectivity index (χ0) is 16.9. The Morgan fingerprint density at radius 2 is 1.62 bits per heavy atom. The maximum atomic E-state index is 10.9. The lowest BCUT2D eigenvalue weighted by molar-refractivity contribution is 0.0693. The first kappa shape index (κ1) is 15.6. The maximum Gasteiger partial charge on any atom is 0.339 e. The van der Waals surface area contributed by atoms with Gasteiger partial charge >= 0.3 is 5.97 Å². The lowest BCUT2D eigenvalue weighted by atomic mass is 10.0. The molecule has 4 nitrogen and oxygen atoms in total. The first-order valence-electron chi connectivity index (χ1n) is 7.47. The Morgan fingerprint density at radius 1 is 0.875 bits per heavy atom. The average molecular weight is 320 g/mol. The highest BCUT2D eigenvalue weighted by Gasteiger charge is 2.10. The first-order valence-corrected chi connectivity index (χ1v) is 7.47. The van der Waals surface area contributed by atoms with Crippen LogP contribution in [0.25, 0.3) is 11.1 Å². The average Bonchev–Trinajstić information content (AvgIpc) is 2.61. The van der Waals surface area contributed by atoms with Gasteiger partial charge in [0.05, 0.1) is 0 Å². The number of rotatable bonds is 5. The number of carbonyl (C=O) groups is 1. The molecule has 0 aliphatic rings. The van der Waals surface area contributed by atoms with Gasteiger partial charge in [0.15, 0.2) is 0 Å². The van der Waals surface area contributed by atoms with Crippen LogP contribution in [0, 0.1) is 0 Å².